The lowest BCUT2D eigenvalue weighted by Gasteiger charge is -2.08. The molecule has 172 valence electrons. The fourth-order valence-corrected chi connectivity index (χ4v) is 5.51. The summed E-state index contributed by atoms with van der Waals surface area (Å²) < 4.78 is 11.8. The van der Waals surface area contributed by atoms with E-state index >= 15 is 0 Å². The van der Waals surface area contributed by atoms with Gasteiger partial charge in [0.2, 0.25) is 0 Å². The molecule has 0 unspecified atom stereocenters. The van der Waals surface area contributed by atoms with Crippen molar-refractivity contribution in [2.24, 2.45) is 5.10 Å². The summed E-state index contributed by atoms with van der Waals surface area (Å²) in [4.78, 5) is 23.2. The molecule has 8 nitrogen and oxygen atoms in total. The molecule has 3 aromatic rings. The number of esters is 1. The van der Waals surface area contributed by atoms with Gasteiger partial charge in [0.1, 0.15) is 0 Å². The minimum Gasteiger partial charge on any atom is -0.493 e. The number of benzene rings is 2. The van der Waals surface area contributed by atoms with Crippen LogP contribution in [0.1, 0.15) is 18.1 Å². The second kappa shape index (κ2) is 12.6. The standard InChI is InChI=1S/C21H19ClN4O4S3/c1-13(27)30-17-8-7-14(9-18(17)29-2)10-23-24-19(28)12-32-21-26-25-20(33-21)31-11-15-5-3-4-6-16(15)22/h3-10H,11-12H2,1-2H3,(H,24,28)/b23-10+. The molecule has 0 aliphatic carbocycles. The number of rotatable bonds is 10. The van der Waals surface area contributed by atoms with E-state index in [0.717, 1.165) is 14.9 Å². The first kappa shape index (κ1) is 25.0. The van der Waals surface area contributed by atoms with Gasteiger partial charge in [0.25, 0.3) is 5.91 Å². The molecular formula is C21H19ClN4O4S3. The maximum absolute atomic E-state index is 12.1. The summed E-state index contributed by atoms with van der Waals surface area (Å²) in [5.74, 6) is 0.817. The Kier molecular flexibility index (Phi) is 9.55. The molecule has 3 rings (SSSR count). The van der Waals surface area contributed by atoms with E-state index in [1.165, 1.54) is 43.3 Å². The normalized spacial score (nSPS) is 10.9. The number of carbonyl (C=O) groups is 2. The smallest absolute Gasteiger partial charge is 0.308 e. The lowest BCUT2D eigenvalue weighted by Crippen LogP contribution is -2.19. The first-order chi connectivity index (χ1) is 15.9. The average Bonchev–Trinajstić information content (AvgIpc) is 3.25. The highest BCUT2D eigenvalue weighted by Gasteiger charge is 2.10. The Morgan fingerprint density at radius 2 is 1.91 bits per heavy atom. The van der Waals surface area contributed by atoms with Crippen LogP contribution in [0.15, 0.2) is 56.2 Å². The summed E-state index contributed by atoms with van der Waals surface area (Å²) in [5.41, 5.74) is 4.16. The predicted molar refractivity (Wildman–Crippen MR) is 132 cm³/mol. The summed E-state index contributed by atoms with van der Waals surface area (Å²) >= 11 is 10.4. The number of amides is 1. The molecule has 0 atom stereocenters. The highest BCUT2D eigenvalue weighted by Crippen LogP contribution is 2.32. The molecule has 1 heterocycles. The molecule has 0 saturated carbocycles. The van der Waals surface area contributed by atoms with Crippen molar-refractivity contribution in [3.8, 4) is 11.5 Å². The van der Waals surface area contributed by atoms with Crippen LogP contribution in [0.2, 0.25) is 5.02 Å². The van der Waals surface area contributed by atoms with Gasteiger partial charge in [-0.15, -0.1) is 10.2 Å². The van der Waals surface area contributed by atoms with E-state index < -0.39 is 5.97 Å². The Bertz CT molecular complexity index is 1160. The van der Waals surface area contributed by atoms with Crippen LogP contribution < -0.4 is 14.9 Å². The highest BCUT2D eigenvalue weighted by molar-refractivity contribution is 8.03. The third kappa shape index (κ3) is 8.04. The molecule has 0 saturated heterocycles. The Morgan fingerprint density at radius 3 is 2.64 bits per heavy atom. The highest BCUT2D eigenvalue weighted by atomic mass is 35.5. The summed E-state index contributed by atoms with van der Waals surface area (Å²) in [6.45, 7) is 1.31. The summed E-state index contributed by atoms with van der Waals surface area (Å²) in [5, 5.41) is 12.9. The van der Waals surface area contributed by atoms with Gasteiger partial charge in [0.15, 0.2) is 20.2 Å². The van der Waals surface area contributed by atoms with Crippen molar-refractivity contribution in [2.75, 3.05) is 12.9 Å². The van der Waals surface area contributed by atoms with E-state index in [0.29, 0.717) is 27.2 Å². The second-order valence-electron chi connectivity index (χ2n) is 6.30. The Balaban J connectivity index is 1.45. The van der Waals surface area contributed by atoms with Crippen LogP contribution >= 0.6 is 46.5 Å². The topological polar surface area (TPSA) is 103 Å². The van der Waals surface area contributed by atoms with Gasteiger partial charge < -0.3 is 9.47 Å². The van der Waals surface area contributed by atoms with E-state index in [4.69, 9.17) is 21.1 Å². The zero-order chi connectivity index (χ0) is 23.6. The molecule has 0 aliphatic rings. The fourth-order valence-electron chi connectivity index (χ4n) is 2.41. The van der Waals surface area contributed by atoms with Gasteiger partial charge in [-0.05, 0) is 35.4 Å². The summed E-state index contributed by atoms with van der Waals surface area (Å²) in [7, 11) is 1.47. The molecule has 2 aromatic carbocycles. The lowest BCUT2D eigenvalue weighted by molar-refractivity contribution is -0.132. The Morgan fingerprint density at radius 1 is 1.15 bits per heavy atom. The van der Waals surface area contributed by atoms with Gasteiger partial charge in [-0.25, -0.2) is 5.43 Å². The van der Waals surface area contributed by atoms with Gasteiger partial charge in [-0.2, -0.15) is 5.10 Å². The predicted octanol–water partition coefficient (Wildman–Crippen LogP) is 4.66. The van der Waals surface area contributed by atoms with Crippen LogP contribution in [0.4, 0.5) is 0 Å². The average molecular weight is 523 g/mol. The number of nitrogens with one attached hydrogen (secondary N) is 1. The van der Waals surface area contributed by atoms with Crippen LogP contribution in [0.3, 0.4) is 0 Å². The molecule has 0 aliphatic heterocycles. The largest absolute Gasteiger partial charge is 0.493 e. The maximum Gasteiger partial charge on any atom is 0.308 e. The molecule has 0 bridgehead atoms. The van der Waals surface area contributed by atoms with Gasteiger partial charge in [0.05, 0.1) is 19.1 Å². The Hall–Kier alpha value is -2.60. The summed E-state index contributed by atoms with van der Waals surface area (Å²) in [6.07, 6.45) is 1.47. The van der Waals surface area contributed by atoms with Gasteiger partial charge in [-0.1, -0.05) is 64.7 Å². The van der Waals surface area contributed by atoms with Gasteiger partial charge >= 0.3 is 5.97 Å². The zero-order valence-corrected chi connectivity index (χ0v) is 20.8. The van der Waals surface area contributed by atoms with E-state index in [-0.39, 0.29) is 11.7 Å². The van der Waals surface area contributed by atoms with E-state index in [2.05, 4.69) is 20.7 Å². The van der Waals surface area contributed by atoms with Crippen molar-refractivity contribution < 1.29 is 19.1 Å². The minimum atomic E-state index is -0.443. The number of ether oxygens (including phenoxy) is 2. The SMILES string of the molecule is COc1cc(/C=N/NC(=O)CSc2nnc(SCc3ccccc3Cl)s2)ccc1OC(C)=O. The van der Waals surface area contributed by atoms with Crippen molar-refractivity contribution in [2.45, 2.75) is 21.4 Å². The maximum atomic E-state index is 12.1. The van der Waals surface area contributed by atoms with E-state index in [1.807, 2.05) is 24.3 Å². The van der Waals surface area contributed by atoms with Gasteiger partial charge in [0, 0.05) is 17.7 Å². The second-order valence-corrected chi connectivity index (χ2v) is 10.1. The van der Waals surface area contributed by atoms with Crippen molar-refractivity contribution in [3.63, 3.8) is 0 Å². The third-order valence-corrected chi connectivity index (χ3v) is 7.48. The zero-order valence-electron chi connectivity index (χ0n) is 17.6. The molecule has 12 heteroatoms. The van der Waals surface area contributed by atoms with Crippen molar-refractivity contribution in [1.82, 2.24) is 15.6 Å². The number of hydrazone groups is 1. The van der Waals surface area contributed by atoms with Crippen LogP contribution in [0.5, 0.6) is 11.5 Å². The third-order valence-electron chi connectivity index (χ3n) is 3.87. The fraction of sp³-hybridized carbons (Fsp3) is 0.190. The number of methoxy groups -OCH3 is 1. The van der Waals surface area contributed by atoms with E-state index in [9.17, 15) is 9.59 Å². The number of aromatic nitrogens is 2. The van der Waals surface area contributed by atoms with E-state index in [1.54, 1.807) is 30.0 Å². The Labute approximate surface area is 208 Å². The van der Waals surface area contributed by atoms with Crippen LogP contribution in [0.25, 0.3) is 0 Å². The minimum absolute atomic E-state index is 0.149. The number of carbonyl (C=O) groups excluding carboxylic acids is 2. The van der Waals surface area contributed by atoms with Crippen LogP contribution in [0, 0.1) is 0 Å². The van der Waals surface area contributed by atoms with Crippen molar-refractivity contribution in [3.05, 3.63) is 58.6 Å². The molecule has 1 N–H and O–H groups in total. The molecular weight excluding hydrogens is 504 g/mol. The van der Waals surface area contributed by atoms with Crippen molar-refractivity contribution >= 4 is 64.6 Å². The first-order valence-corrected chi connectivity index (χ1v) is 12.6. The summed E-state index contributed by atoms with van der Waals surface area (Å²) in [6, 6.07) is 12.6. The number of halogens is 1. The molecule has 0 radical (unpaired) electrons. The molecule has 33 heavy (non-hydrogen) atoms. The first-order valence-electron chi connectivity index (χ1n) is 9.45. The van der Waals surface area contributed by atoms with Crippen LogP contribution in [-0.4, -0.2) is 41.2 Å². The van der Waals surface area contributed by atoms with Gasteiger partial charge in [-0.3, -0.25) is 9.59 Å². The van der Waals surface area contributed by atoms with Crippen molar-refractivity contribution in [1.29, 1.82) is 0 Å². The molecule has 0 fully saturated rings. The van der Waals surface area contributed by atoms with Crippen LogP contribution in [-0.2, 0) is 15.3 Å². The molecule has 1 amide bonds. The lowest BCUT2D eigenvalue weighted by atomic mass is 10.2. The number of hydrogen-bond acceptors (Lipinski definition) is 10. The number of nitrogens with zero attached hydrogens (tertiary/aromatic N) is 3. The molecule has 0 spiro atoms. The quantitative estimate of drug-likeness (QED) is 0.135. The number of thioether (sulfide) groups is 2. The molecule has 1 aromatic heterocycles. The number of hydrogen-bond donors (Lipinski definition) is 1. The monoisotopic (exact) mass is 522 g/mol.